The van der Waals surface area contributed by atoms with E-state index in [1.54, 1.807) is 0 Å². The van der Waals surface area contributed by atoms with E-state index in [2.05, 4.69) is 52.0 Å². The maximum absolute atomic E-state index is 3.85. The highest BCUT2D eigenvalue weighted by Gasteiger charge is 2.17. The lowest BCUT2D eigenvalue weighted by molar-refractivity contribution is 0.258. The van der Waals surface area contributed by atoms with Gasteiger partial charge >= 0.3 is 0 Å². The summed E-state index contributed by atoms with van der Waals surface area (Å²) in [7, 11) is 4.32. The van der Waals surface area contributed by atoms with Gasteiger partial charge in [0, 0.05) is 18.6 Å². The molecular formula is C14H32N2. The molecule has 1 atom stereocenters. The highest BCUT2D eigenvalue weighted by molar-refractivity contribution is 4.78. The van der Waals surface area contributed by atoms with Gasteiger partial charge in [-0.15, -0.1) is 0 Å². The van der Waals surface area contributed by atoms with Gasteiger partial charge in [0.1, 0.15) is 0 Å². The third-order valence-corrected chi connectivity index (χ3v) is 3.09. The summed E-state index contributed by atoms with van der Waals surface area (Å²) < 4.78 is 0. The molecule has 0 aromatic rings. The zero-order valence-electron chi connectivity index (χ0n) is 12.2. The standard InChI is InChI=1S/C14H32N2/c1-7-9-13(10-8-2)15-14(12(3)4)11-16(5)6/h12-15H,7-11H2,1-6H3. The lowest BCUT2D eigenvalue weighted by Crippen LogP contribution is -2.46. The molecule has 98 valence electrons. The van der Waals surface area contributed by atoms with Crippen molar-refractivity contribution in [1.82, 2.24) is 10.2 Å². The first kappa shape index (κ1) is 15.9. The summed E-state index contributed by atoms with van der Waals surface area (Å²) in [5.74, 6) is 0.707. The molecule has 0 aliphatic carbocycles. The number of rotatable bonds is 9. The number of nitrogens with zero attached hydrogens (tertiary/aromatic N) is 1. The molecule has 1 N–H and O–H groups in total. The highest BCUT2D eigenvalue weighted by atomic mass is 15.1. The first-order valence-corrected chi connectivity index (χ1v) is 6.91. The van der Waals surface area contributed by atoms with E-state index in [0.717, 1.165) is 6.54 Å². The van der Waals surface area contributed by atoms with Gasteiger partial charge in [0.25, 0.3) is 0 Å². The van der Waals surface area contributed by atoms with Gasteiger partial charge in [-0.25, -0.2) is 0 Å². The Morgan fingerprint density at radius 3 is 1.81 bits per heavy atom. The SMILES string of the molecule is CCCC(CCC)NC(CN(C)C)C(C)C. The second-order valence-electron chi connectivity index (χ2n) is 5.55. The third kappa shape index (κ3) is 7.24. The Kier molecular flexibility index (Phi) is 8.96. The van der Waals surface area contributed by atoms with Crippen molar-refractivity contribution in [2.24, 2.45) is 5.92 Å². The Morgan fingerprint density at radius 1 is 1.00 bits per heavy atom. The number of nitrogens with one attached hydrogen (secondary N) is 1. The van der Waals surface area contributed by atoms with Crippen molar-refractivity contribution in [2.75, 3.05) is 20.6 Å². The Morgan fingerprint density at radius 2 is 1.50 bits per heavy atom. The highest BCUT2D eigenvalue weighted by Crippen LogP contribution is 2.10. The molecule has 0 rings (SSSR count). The fourth-order valence-electron chi connectivity index (χ4n) is 2.16. The van der Waals surface area contributed by atoms with Crippen LogP contribution in [0.15, 0.2) is 0 Å². The van der Waals surface area contributed by atoms with Crippen molar-refractivity contribution in [2.45, 2.75) is 65.5 Å². The van der Waals surface area contributed by atoms with Crippen LogP contribution in [-0.2, 0) is 0 Å². The monoisotopic (exact) mass is 228 g/mol. The predicted molar refractivity (Wildman–Crippen MR) is 73.9 cm³/mol. The van der Waals surface area contributed by atoms with Crippen LogP contribution in [0.1, 0.15) is 53.4 Å². The summed E-state index contributed by atoms with van der Waals surface area (Å²) in [6, 6.07) is 1.33. The Bertz CT molecular complexity index is 149. The van der Waals surface area contributed by atoms with Crippen molar-refractivity contribution in [1.29, 1.82) is 0 Å². The molecule has 1 unspecified atom stereocenters. The maximum atomic E-state index is 3.85. The van der Waals surface area contributed by atoms with Crippen molar-refractivity contribution in [3.8, 4) is 0 Å². The van der Waals surface area contributed by atoms with Crippen LogP contribution in [0, 0.1) is 5.92 Å². The van der Waals surface area contributed by atoms with Gasteiger partial charge in [0.15, 0.2) is 0 Å². The first-order chi connectivity index (χ1) is 7.51. The Balaban J connectivity index is 4.20. The minimum Gasteiger partial charge on any atom is -0.310 e. The Labute approximate surface area is 103 Å². The van der Waals surface area contributed by atoms with Crippen LogP contribution in [0.5, 0.6) is 0 Å². The van der Waals surface area contributed by atoms with Crippen LogP contribution < -0.4 is 5.32 Å². The molecule has 0 aliphatic heterocycles. The van der Waals surface area contributed by atoms with Crippen LogP contribution in [0.4, 0.5) is 0 Å². The van der Waals surface area contributed by atoms with Gasteiger partial charge < -0.3 is 10.2 Å². The molecule has 0 saturated heterocycles. The van der Waals surface area contributed by atoms with E-state index in [-0.39, 0.29) is 0 Å². The second kappa shape index (κ2) is 9.00. The number of hydrogen-bond acceptors (Lipinski definition) is 2. The summed E-state index contributed by atoms with van der Waals surface area (Å²) in [6.45, 7) is 10.3. The van der Waals surface area contributed by atoms with E-state index in [0.29, 0.717) is 18.0 Å². The lowest BCUT2D eigenvalue weighted by Gasteiger charge is -2.30. The number of likely N-dealkylation sites (N-methyl/N-ethyl adjacent to an activating group) is 1. The van der Waals surface area contributed by atoms with Crippen LogP contribution >= 0.6 is 0 Å². The quantitative estimate of drug-likeness (QED) is 0.652. The molecule has 2 heteroatoms. The maximum Gasteiger partial charge on any atom is 0.0220 e. The molecule has 0 saturated carbocycles. The molecule has 0 fully saturated rings. The van der Waals surface area contributed by atoms with Crippen LogP contribution in [0.3, 0.4) is 0 Å². The van der Waals surface area contributed by atoms with E-state index in [1.165, 1.54) is 25.7 Å². The molecule has 0 aromatic heterocycles. The molecule has 0 amide bonds. The van der Waals surface area contributed by atoms with Gasteiger partial charge in [0.2, 0.25) is 0 Å². The molecule has 0 aromatic carbocycles. The fourth-order valence-corrected chi connectivity index (χ4v) is 2.16. The largest absolute Gasteiger partial charge is 0.310 e. The van der Waals surface area contributed by atoms with E-state index in [4.69, 9.17) is 0 Å². The number of hydrogen-bond donors (Lipinski definition) is 1. The molecule has 0 spiro atoms. The van der Waals surface area contributed by atoms with Crippen LogP contribution in [-0.4, -0.2) is 37.6 Å². The summed E-state index contributed by atoms with van der Waals surface area (Å²) >= 11 is 0. The minimum atomic E-state index is 0.623. The smallest absolute Gasteiger partial charge is 0.0220 e. The van der Waals surface area contributed by atoms with Gasteiger partial charge in [-0.2, -0.15) is 0 Å². The summed E-state index contributed by atoms with van der Waals surface area (Å²) in [5, 5.41) is 3.85. The zero-order chi connectivity index (χ0) is 12.6. The lowest BCUT2D eigenvalue weighted by atomic mass is 9.99. The van der Waals surface area contributed by atoms with E-state index in [9.17, 15) is 0 Å². The third-order valence-electron chi connectivity index (χ3n) is 3.09. The summed E-state index contributed by atoms with van der Waals surface area (Å²) in [4.78, 5) is 2.28. The molecule has 16 heavy (non-hydrogen) atoms. The van der Waals surface area contributed by atoms with Gasteiger partial charge in [-0.3, -0.25) is 0 Å². The first-order valence-electron chi connectivity index (χ1n) is 6.91. The van der Waals surface area contributed by atoms with Gasteiger partial charge in [-0.05, 0) is 32.9 Å². The fraction of sp³-hybridized carbons (Fsp3) is 1.00. The molecule has 0 aliphatic rings. The molecule has 0 heterocycles. The molecule has 2 nitrogen and oxygen atoms in total. The topological polar surface area (TPSA) is 15.3 Å². The average molecular weight is 228 g/mol. The average Bonchev–Trinajstić information content (AvgIpc) is 2.16. The van der Waals surface area contributed by atoms with Gasteiger partial charge in [-0.1, -0.05) is 40.5 Å². The van der Waals surface area contributed by atoms with E-state index in [1.807, 2.05) is 0 Å². The normalized spacial score (nSPS) is 14.1. The van der Waals surface area contributed by atoms with Crippen molar-refractivity contribution in [3.63, 3.8) is 0 Å². The van der Waals surface area contributed by atoms with E-state index >= 15 is 0 Å². The molecular weight excluding hydrogens is 196 g/mol. The van der Waals surface area contributed by atoms with Crippen molar-refractivity contribution in [3.05, 3.63) is 0 Å². The summed E-state index contributed by atoms with van der Waals surface area (Å²) in [6.07, 6.45) is 5.18. The van der Waals surface area contributed by atoms with Crippen LogP contribution in [0.25, 0.3) is 0 Å². The molecule has 0 bridgehead atoms. The summed E-state index contributed by atoms with van der Waals surface area (Å²) in [5.41, 5.74) is 0. The Hall–Kier alpha value is -0.0800. The second-order valence-corrected chi connectivity index (χ2v) is 5.55. The van der Waals surface area contributed by atoms with Crippen molar-refractivity contribution >= 4 is 0 Å². The van der Waals surface area contributed by atoms with Crippen molar-refractivity contribution < 1.29 is 0 Å². The van der Waals surface area contributed by atoms with E-state index < -0.39 is 0 Å². The van der Waals surface area contributed by atoms with Crippen LogP contribution in [0.2, 0.25) is 0 Å². The molecule has 0 radical (unpaired) electrons. The zero-order valence-corrected chi connectivity index (χ0v) is 12.2. The minimum absolute atomic E-state index is 0.623. The predicted octanol–water partition coefficient (Wildman–Crippen LogP) is 3.13. The van der Waals surface area contributed by atoms with Gasteiger partial charge in [0.05, 0.1) is 0 Å².